The topological polar surface area (TPSA) is 24.1 Å². The summed E-state index contributed by atoms with van der Waals surface area (Å²) < 4.78 is 0. The SMILES string of the molecule is CC1(CNNc2ccccc2)C=CC=CC1. The molecule has 16 heavy (non-hydrogen) atoms. The van der Waals surface area contributed by atoms with Gasteiger partial charge < -0.3 is 5.43 Å². The highest BCUT2D eigenvalue weighted by molar-refractivity contribution is 5.41. The van der Waals surface area contributed by atoms with Crippen molar-refractivity contribution in [1.82, 2.24) is 5.43 Å². The van der Waals surface area contributed by atoms with Crippen molar-refractivity contribution in [3.63, 3.8) is 0 Å². The van der Waals surface area contributed by atoms with Gasteiger partial charge in [0, 0.05) is 17.6 Å². The van der Waals surface area contributed by atoms with Gasteiger partial charge in [-0.1, -0.05) is 49.4 Å². The summed E-state index contributed by atoms with van der Waals surface area (Å²) in [6.07, 6.45) is 9.78. The third kappa shape index (κ3) is 2.97. The quantitative estimate of drug-likeness (QED) is 0.752. The average Bonchev–Trinajstić information content (AvgIpc) is 2.31. The molecule has 2 nitrogen and oxygen atoms in total. The summed E-state index contributed by atoms with van der Waals surface area (Å²) in [5.41, 5.74) is 7.80. The zero-order valence-electron chi connectivity index (χ0n) is 9.61. The number of allylic oxidation sites excluding steroid dienone is 3. The second kappa shape index (κ2) is 4.99. The van der Waals surface area contributed by atoms with E-state index >= 15 is 0 Å². The van der Waals surface area contributed by atoms with Crippen LogP contribution in [0.1, 0.15) is 13.3 Å². The number of rotatable bonds is 4. The minimum Gasteiger partial charge on any atom is -0.321 e. The van der Waals surface area contributed by atoms with Gasteiger partial charge in [0.25, 0.3) is 0 Å². The van der Waals surface area contributed by atoms with Crippen molar-refractivity contribution in [3.8, 4) is 0 Å². The Morgan fingerprint density at radius 1 is 1.19 bits per heavy atom. The Balaban J connectivity index is 1.80. The van der Waals surface area contributed by atoms with Crippen LogP contribution in [0.4, 0.5) is 5.69 Å². The van der Waals surface area contributed by atoms with Crippen LogP contribution in [0.2, 0.25) is 0 Å². The Morgan fingerprint density at radius 2 is 2.00 bits per heavy atom. The van der Waals surface area contributed by atoms with Crippen molar-refractivity contribution in [3.05, 3.63) is 54.6 Å². The molecular weight excluding hydrogens is 196 g/mol. The standard InChI is InChI=1S/C14H18N2/c1-14(10-6-3-7-11-14)12-15-16-13-8-4-2-5-9-13/h2-10,15-16H,11-12H2,1H3. The fourth-order valence-corrected chi connectivity index (χ4v) is 1.77. The van der Waals surface area contributed by atoms with Crippen molar-refractivity contribution in [1.29, 1.82) is 0 Å². The second-order valence-electron chi connectivity index (χ2n) is 4.49. The largest absolute Gasteiger partial charge is 0.321 e. The molecule has 0 bridgehead atoms. The molecule has 1 aromatic rings. The van der Waals surface area contributed by atoms with Crippen LogP contribution >= 0.6 is 0 Å². The summed E-state index contributed by atoms with van der Waals surface area (Å²) in [6.45, 7) is 3.18. The Morgan fingerprint density at radius 3 is 2.69 bits per heavy atom. The highest BCUT2D eigenvalue weighted by Crippen LogP contribution is 2.25. The van der Waals surface area contributed by atoms with Gasteiger partial charge in [-0.3, -0.25) is 0 Å². The molecule has 2 heteroatoms. The van der Waals surface area contributed by atoms with E-state index in [4.69, 9.17) is 0 Å². The van der Waals surface area contributed by atoms with E-state index in [1.807, 2.05) is 30.3 Å². The van der Waals surface area contributed by atoms with E-state index in [-0.39, 0.29) is 5.41 Å². The Labute approximate surface area is 97.0 Å². The van der Waals surface area contributed by atoms with Gasteiger partial charge in [0.1, 0.15) is 0 Å². The first-order valence-corrected chi connectivity index (χ1v) is 5.67. The molecule has 0 saturated heterocycles. The number of hydrogen-bond acceptors (Lipinski definition) is 2. The summed E-state index contributed by atoms with van der Waals surface area (Å²) in [5, 5.41) is 0. The predicted octanol–water partition coefficient (Wildman–Crippen LogP) is 3.13. The third-order valence-corrected chi connectivity index (χ3v) is 2.83. The summed E-state index contributed by atoms with van der Waals surface area (Å²) in [7, 11) is 0. The van der Waals surface area contributed by atoms with Gasteiger partial charge in [-0.05, 0) is 18.6 Å². The molecule has 0 saturated carbocycles. The van der Waals surface area contributed by atoms with Crippen molar-refractivity contribution in [2.75, 3.05) is 12.0 Å². The minimum atomic E-state index is 0.219. The molecule has 1 unspecified atom stereocenters. The molecule has 0 spiro atoms. The molecule has 1 aliphatic carbocycles. The van der Waals surface area contributed by atoms with Gasteiger partial charge in [0.2, 0.25) is 0 Å². The lowest BCUT2D eigenvalue weighted by Crippen LogP contribution is -2.34. The van der Waals surface area contributed by atoms with E-state index in [2.05, 4.69) is 42.1 Å². The first-order chi connectivity index (χ1) is 7.79. The van der Waals surface area contributed by atoms with Crippen LogP contribution in [0.3, 0.4) is 0 Å². The van der Waals surface area contributed by atoms with Crippen LogP contribution in [0, 0.1) is 5.41 Å². The molecule has 2 N–H and O–H groups in total. The molecule has 1 aromatic carbocycles. The summed E-state index contributed by atoms with van der Waals surface area (Å²) in [6, 6.07) is 10.2. The number of anilines is 1. The average molecular weight is 214 g/mol. The maximum atomic E-state index is 3.28. The monoisotopic (exact) mass is 214 g/mol. The van der Waals surface area contributed by atoms with E-state index in [1.54, 1.807) is 0 Å². The third-order valence-electron chi connectivity index (χ3n) is 2.83. The number of hydrazine groups is 1. The highest BCUT2D eigenvalue weighted by atomic mass is 15.4. The number of nitrogens with one attached hydrogen (secondary N) is 2. The molecule has 0 fully saturated rings. The second-order valence-corrected chi connectivity index (χ2v) is 4.49. The molecule has 0 amide bonds. The summed E-state index contributed by atoms with van der Waals surface area (Å²) in [5.74, 6) is 0. The van der Waals surface area contributed by atoms with Crippen LogP contribution in [0.25, 0.3) is 0 Å². The van der Waals surface area contributed by atoms with E-state index < -0.39 is 0 Å². The van der Waals surface area contributed by atoms with Gasteiger partial charge in [-0.15, -0.1) is 0 Å². The molecule has 1 aliphatic rings. The molecule has 84 valence electrons. The van der Waals surface area contributed by atoms with Crippen LogP contribution in [0.15, 0.2) is 54.6 Å². The van der Waals surface area contributed by atoms with Crippen molar-refractivity contribution in [2.45, 2.75) is 13.3 Å². The van der Waals surface area contributed by atoms with E-state index in [0.29, 0.717) is 0 Å². The Kier molecular flexibility index (Phi) is 3.42. The zero-order chi connectivity index (χ0) is 11.3. The predicted molar refractivity (Wildman–Crippen MR) is 69.1 cm³/mol. The minimum absolute atomic E-state index is 0.219. The molecule has 0 aliphatic heterocycles. The zero-order valence-corrected chi connectivity index (χ0v) is 9.61. The van der Waals surface area contributed by atoms with Crippen molar-refractivity contribution >= 4 is 5.69 Å². The molecule has 0 aromatic heterocycles. The number of para-hydroxylation sites is 1. The van der Waals surface area contributed by atoms with Crippen LogP contribution in [-0.2, 0) is 0 Å². The molecule has 0 heterocycles. The first-order valence-electron chi connectivity index (χ1n) is 5.67. The van der Waals surface area contributed by atoms with Gasteiger partial charge in [-0.25, -0.2) is 5.43 Å². The molecule has 2 rings (SSSR count). The van der Waals surface area contributed by atoms with E-state index in [9.17, 15) is 0 Å². The fourth-order valence-electron chi connectivity index (χ4n) is 1.77. The smallest absolute Gasteiger partial charge is 0.0487 e. The Bertz CT molecular complexity index is 381. The maximum absolute atomic E-state index is 3.28. The lowest BCUT2D eigenvalue weighted by molar-refractivity contribution is 0.409. The first kappa shape index (κ1) is 11.0. The van der Waals surface area contributed by atoms with E-state index in [0.717, 1.165) is 18.7 Å². The van der Waals surface area contributed by atoms with Gasteiger partial charge in [0.05, 0.1) is 0 Å². The normalized spacial score (nSPS) is 23.3. The maximum Gasteiger partial charge on any atom is 0.0487 e. The molecule has 0 radical (unpaired) electrons. The Hall–Kier alpha value is -1.54. The van der Waals surface area contributed by atoms with Crippen LogP contribution < -0.4 is 10.9 Å². The van der Waals surface area contributed by atoms with Gasteiger partial charge >= 0.3 is 0 Å². The van der Waals surface area contributed by atoms with Crippen LogP contribution in [0.5, 0.6) is 0 Å². The van der Waals surface area contributed by atoms with Gasteiger partial charge in [0.15, 0.2) is 0 Å². The lowest BCUT2D eigenvalue weighted by Gasteiger charge is -2.27. The lowest BCUT2D eigenvalue weighted by atomic mass is 9.84. The molecule has 1 atom stereocenters. The van der Waals surface area contributed by atoms with Crippen molar-refractivity contribution < 1.29 is 0 Å². The van der Waals surface area contributed by atoms with Crippen molar-refractivity contribution in [2.24, 2.45) is 5.41 Å². The molecular formula is C14H18N2. The summed E-state index contributed by atoms with van der Waals surface area (Å²) >= 11 is 0. The summed E-state index contributed by atoms with van der Waals surface area (Å²) in [4.78, 5) is 0. The van der Waals surface area contributed by atoms with E-state index in [1.165, 1.54) is 0 Å². The van der Waals surface area contributed by atoms with Crippen LogP contribution in [-0.4, -0.2) is 6.54 Å². The number of hydrogen-bond donors (Lipinski definition) is 2. The highest BCUT2D eigenvalue weighted by Gasteiger charge is 2.19. The van der Waals surface area contributed by atoms with Gasteiger partial charge in [-0.2, -0.15) is 0 Å². The fraction of sp³-hybridized carbons (Fsp3) is 0.286. The number of benzene rings is 1.